The first-order chi connectivity index (χ1) is 9.16. The zero-order valence-corrected chi connectivity index (χ0v) is 13.2. The fraction of sp³-hybridized carbons (Fsp3) is 0.562. The number of hydrogen-bond acceptors (Lipinski definition) is 2. The van der Waals surface area contributed by atoms with Gasteiger partial charge in [0.25, 0.3) is 5.91 Å². The molecule has 0 radical (unpaired) electrons. The van der Waals surface area contributed by atoms with E-state index in [9.17, 15) is 4.79 Å². The largest absolute Gasteiger partial charge is 0.352 e. The quantitative estimate of drug-likeness (QED) is 0.897. The Morgan fingerprint density at radius 1 is 1.35 bits per heavy atom. The monoisotopic (exact) mass is 296 g/mol. The predicted molar refractivity (Wildman–Crippen MR) is 85.7 cm³/mol. The Bertz CT molecular complexity index is 442. The lowest BCUT2D eigenvalue weighted by Gasteiger charge is -2.22. The number of piperidine rings is 1. The van der Waals surface area contributed by atoms with Gasteiger partial charge < -0.3 is 10.6 Å². The van der Waals surface area contributed by atoms with Gasteiger partial charge >= 0.3 is 0 Å². The Morgan fingerprint density at radius 3 is 2.80 bits per heavy atom. The van der Waals surface area contributed by atoms with Crippen molar-refractivity contribution in [2.75, 3.05) is 19.6 Å². The number of benzene rings is 1. The van der Waals surface area contributed by atoms with Crippen LogP contribution in [0.3, 0.4) is 0 Å². The molecule has 3 nitrogen and oxygen atoms in total. The molecule has 1 unspecified atom stereocenters. The van der Waals surface area contributed by atoms with Gasteiger partial charge in [-0.25, -0.2) is 0 Å². The second-order valence-electron chi connectivity index (χ2n) is 5.56. The summed E-state index contributed by atoms with van der Waals surface area (Å²) in [6, 6.07) is 5.88. The lowest BCUT2D eigenvalue weighted by molar-refractivity contribution is 0.0950. The molecular formula is C16H25ClN2O. The molecule has 1 amide bonds. The second-order valence-corrected chi connectivity index (χ2v) is 5.56. The first-order valence-corrected chi connectivity index (χ1v) is 7.23. The molecule has 20 heavy (non-hydrogen) atoms. The lowest BCUT2D eigenvalue weighted by Crippen LogP contribution is -2.33. The van der Waals surface area contributed by atoms with Crippen molar-refractivity contribution in [1.29, 1.82) is 0 Å². The van der Waals surface area contributed by atoms with Gasteiger partial charge in [0.15, 0.2) is 0 Å². The van der Waals surface area contributed by atoms with E-state index in [1.165, 1.54) is 24.0 Å². The van der Waals surface area contributed by atoms with Gasteiger partial charge in [0.2, 0.25) is 0 Å². The van der Waals surface area contributed by atoms with Crippen molar-refractivity contribution in [3.05, 3.63) is 34.9 Å². The van der Waals surface area contributed by atoms with Crippen LogP contribution in [-0.4, -0.2) is 25.5 Å². The van der Waals surface area contributed by atoms with Crippen LogP contribution < -0.4 is 10.6 Å². The number of nitrogens with one attached hydrogen (secondary N) is 2. The van der Waals surface area contributed by atoms with Gasteiger partial charge in [-0.3, -0.25) is 4.79 Å². The predicted octanol–water partition coefficient (Wildman–Crippen LogP) is 2.84. The number of carbonyl (C=O) groups is 1. The molecule has 1 saturated heterocycles. The maximum absolute atomic E-state index is 12.0. The third kappa shape index (κ3) is 4.80. The highest BCUT2D eigenvalue weighted by atomic mass is 35.5. The van der Waals surface area contributed by atoms with Crippen LogP contribution >= 0.6 is 12.4 Å². The van der Waals surface area contributed by atoms with Gasteiger partial charge in [-0.2, -0.15) is 0 Å². The van der Waals surface area contributed by atoms with Gasteiger partial charge in [0.1, 0.15) is 0 Å². The summed E-state index contributed by atoms with van der Waals surface area (Å²) < 4.78 is 0. The van der Waals surface area contributed by atoms with Crippen molar-refractivity contribution in [3.63, 3.8) is 0 Å². The normalized spacial score (nSPS) is 18.2. The molecule has 112 valence electrons. The third-order valence-electron chi connectivity index (χ3n) is 4.01. The van der Waals surface area contributed by atoms with E-state index in [1.807, 2.05) is 25.1 Å². The van der Waals surface area contributed by atoms with Gasteiger partial charge in [-0.05, 0) is 75.4 Å². The average Bonchev–Trinajstić information content (AvgIpc) is 2.43. The van der Waals surface area contributed by atoms with Crippen molar-refractivity contribution in [2.24, 2.45) is 5.92 Å². The number of halogens is 1. The zero-order chi connectivity index (χ0) is 13.7. The number of aryl methyl sites for hydroxylation is 2. The number of rotatable bonds is 4. The van der Waals surface area contributed by atoms with Crippen LogP contribution in [0.1, 0.15) is 40.7 Å². The zero-order valence-electron chi connectivity index (χ0n) is 12.4. The highest BCUT2D eigenvalue weighted by Crippen LogP contribution is 2.13. The molecule has 2 N–H and O–H groups in total. The van der Waals surface area contributed by atoms with Crippen LogP contribution in [0, 0.1) is 19.8 Å². The minimum absolute atomic E-state index is 0. The van der Waals surface area contributed by atoms with Crippen LogP contribution in [0.5, 0.6) is 0 Å². The van der Waals surface area contributed by atoms with E-state index in [-0.39, 0.29) is 18.3 Å². The Labute approximate surface area is 127 Å². The van der Waals surface area contributed by atoms with E-state index in [2.05, 4.69) is 17.6 Å². The van der Waals surface area contributed by atoms with Crippen molar-refractivity contribution in [1.82, 2.24) is 10.6 Å². The topological polar surface area (TPSA) is 41.1 Å². The van der Waals surface area contributed by atoms with E-state index in [1.54, 1.807) is 0 Å². The summed E-state index contributed by atoms with van der Waals surface area (Å²) >= 11 is 0. The average molecular weight is 297 g/mol. The van der Waals surface area contributed by atoms with Gasteiger partial charge in [0, 0.05) is 12.1 Å². The van der Waals surface area contributed by atoms with E-state index < -0.39 is 0 Å². The van der Waals surface area contributed by atoms with Crippen LogP contribution in [0.25, 0.3) is 0 Å². The van der Waals surface area contributed by atoms with Crippen LogP contribution in [0.4, 0.5) is 0 Å². The fourth-order valence-electron chi connectivity index (χ4n) is 2.54. The summed E-state index contributed by atoms with van der Waals surface area (Å²) in [5.74, 6) is 0.765. The lowest BCUT2D eigenvalue weighted by atomic mass is 9.96. The Balaban J connectivity index is 0.00000200. The van der Waals surface area contributed by atoms with Gasteiger partial charge in [0.05, 0.1) is 0 Å². The summed E-state index contributed by atoms with van der Waals surface area (Å²) in [5.41, 5.74) is 3.17. The first kappa shape index (κ1) is 17.0. The summed E-state index contributed by atoms with van der Waals surface area (Å²) in [6.45, 7) is 7.12. The molecule has 1 aromatic carbocycles. The van der Waals surface area contributed by atoms with Crippen LogP contribution in [0.2, 0.25) is 0 Å². The molecule has 4 heteroatoms. The maximum atomic E-state index is 12.0. The Kier molecular flexibility index (Phi) is 7.03. The molecule has 1 aliphatic rings. The molecule has 0 bridgehead atoms. The van der Waals surface area contributed by atoms with E-state index in [0.29, 0.717) is 5.92 Å². The molecule has 0 spiro atoms. The molecule has 1 aliphatic heterocycles. The third-order valence-corrected chi connectivity index (χ3v) is 4.01. The molecule has 1 fully saturated rings. The Morgan fingerprint density at radius 2 is 2.15 bits per heavy atom. The summed E-state index contributed by atoms with van der Waals surface area (Å²) in [7, 11) is 0. The summed E-state index contributed by atoms with van der Waals surface area (Å²) in [4.78, 5) is 12.0. The summed E-state index contributed by atoms with van der Waals surface area (Å²) in [5, 5.41) is 6.43. The fourth-order valence-corrected chi connectivity index (χ4v) is 2.54. The maximum Gasteiger partial charge on any atom is 0.251 e. The van der Waals surface area contributed by atoms with Crippen molar-refractivity contribution < 1.29 is 4.79 Å². The molecule has 1 aromatic rings. The number of hydrogen-bond donors (Lipinski definition) is 2. The van der Waals surface area contributed by atoms with Crippen molar-refractivity contribution in [3.8, 4) is 0 Å². The minimum Gasteiger partial charge on any atom is -0.352 e. The van der Waals surface area contributed by atoms with E-state index in [4.69, 9.17) is 0 Å². The molecule has 1 heterocycles. The highest BCUT2D eigenvalue weighted by Gasteiger charge is 2.13. The number of carbonyl (C=O) groups excluding carboxylic acids is 1. The van der Waals surface area contributed by atoms with Gasteiger partial charge in [-0.15, -0.1) is 12.4 Å². The summed E-state index contributed by atoms with van der Waals surface area (Å²) in [6.07, 6.45) is 3.62. The smallest absolute Gasteiger partial charge is 0.251 e. The van der Waals surface area contributed by atoms with Crippen molar-refractivity contribution >= 4 is 18.3 Å². The molecule has 0 aromatic heterocycles. The molecule has 2 rings (SSSR count). The SMILES string of the molecule is Cc1ccc(C(=O)NCCC2CCCNC2)cc1C.Cl. The van der Waals surface area contributed by atoms with E-state index in [0.717, 1.165) is 31.6 Å². The standard InChI is InChI=1S/C16H24N2O.ClH/c1-12-5-6-15(10-13(12)2)16(19)18-9-7-14-4-3-8-17-11-14;/h5-6,10,14,17H,3-4,7-9,11H2,1-2H3,(H,18,19);1H. The minimum atomic E-state index is 0. The van der Waals surface area contributed by atoms with Crippen LogP contribution in [-0.2, 0) is 0 Å². The molecule has 0 saturated carbocycles. The van der Waals surface area contributed by atoms with E-state index >= 15 is 0 Å². The molecule has 1 atom stereocenters. The molecular weight excluding hydrogens is 272 g/mol. The van der Waals surface area contributed by atoms with Crippen molar-refractivity contribution in [2.45, 2.75) is 33.1 Å². The Hall–Kier alpha value is -1.06. The first-order valence-electron chi connectivity index (χ1n) is 7.23. The molecule has 0 aliphatic carbocycles. The van der Waals surface area contributed by atoms with Crippen LogP contribution in [0.15, 0.2) is 18.2 Å². The number of amides is 1. The van der Waals surface area contributed by atoms with Gasteiger partial charge in [-0.1, -0.05) is 6.07 Å². The highest BCUT2D eigenvalue weighted by molar-refractivity contribution is 5.94. The second kappa shape index (κ2) is 8.28.